The molecule has 0 atom stereocenters. The number of nitrogens with one attached hydrogen (secondary N) is 2. The Morgan fingerprint density at radius 2 is 1.84 bits per heavy atom. The van der Waals surface area contributed by atoms with E-state index in [0.717, 1.165) is 36.8 Å². The third kappa shape index (κ3) is 4.17. The van der Waals surface area contributed by atoms with Crippen molar-refractivity contribution in [2.24, 2.45) is 0 Å². The van der Waals surface area contributed by atoms with E-state index in [2.05, 4.69) is 10.6 Å². The van der Waals surface area contributed by atoms with Gasteiger partial charge in [-0.2, -0.15) is 0 Å². The average molecular weight is 354 g/mol. The van der Waals surface area contributed by atoms with Crippen LogP contribution in [-0.2, 0) is 17.6 Å². The smallest absolute Gasteiger partial charge is 0.254 e. The van der Waals surface area contributed by atoms with E-state index in [1.165, 1.54) is 17.4 Å². The summed E-state index contributed by atoms with van der Waals surface area (Å²) in [5.41, 5.74) is 2.72. The first-order valence-electron chi connectivity index (χ1n) is 8.59. The standard InChI is InChI=1S/C20H22N2O2S/c1-21-19(24)18-15-10-6-3-7-11-16(15)25-20(18)22-17(23)13-12-14-8-4-2-5-9-14/h2,4-5,8-9,12-13H,3,6-7,10-11H2,1H3,(H,21,24)(H,22,23)/b13-12+. The number of hydrogen-bond acceptors (Lipinski definition) is 3. The molecule has 25 heavy (non-hydrogen) atoms. The highest BCUT2D eigenvalue weighted by Crippen LogP contribution is 2.37. The zero-order chi connectivity index (χ0) is 17.6. The Labute approximate surface area is 152 Å². The van der Waals surface area contributed by atoms with E-state index in [-0.39, 0.29) is 11.8 Å². The number of rotatable bonds is 4. The molecule has 0 spiro atoms. The van der Waals surface area contributed by atoms with Crippen LogP contribution < -0.4 is 10.6 Å². The lowest BCUT2D eigenvalue weighted by Crippen LogP contribution is -2.21. The molecular formula is C20H22N2O2S. The molecule has 1 aromatic carbocycles. The summed E-state index contributed by atoms with van der Waals surface area (Å²) in [5, 5.41) is 6.27. The van der Waals surface area contributed by atoms with Gasteiger partial charge < -0.3 is 10.6 Å². The van der Waals surface area contributed by atoms with E-state index in [9.17, 15) is 9.59 Å². The number of aryl methyl sites for hydroxylation is 1. The van der Waals surface area contributed by atoms with Crippen LogP contribution in [0.1, 0.15) is 45.6 Å². The first kappa shape index (κ1) is 17.4. The predicted octanol–water partition coefficient (Wildman–Crippen LogP) is 4.03. The minimum Gasteiger partial charge on any atom is -0.355 e. The molecule has 1 aliphatic rings. The van der Waals surface area contributed by atoms with Gasteiger partial charge in [-0.25, -0.2) is 0 Å². The molecule has 0 bridgehead atoms. The quantitative estimate of drug-likeness (QED) is 0.643. The maximum atomic E-state index is 12.4. The zero-order valence-corrected chi connectivity index (χ0v) is 15.1. The number of amides is 2. The van der Waals surface area contributed by atoms with Crippen molar-refractivity contribution in [3.8, 4) is 0 Å². The molecule has 1 aliphatic carbocycles. The lowest BCUT2D eigenvalue weighted by Gasteiger charge is -2.06. The van der Waals surface area contributed by atoms with Gasteiger partial charge in [0.25, 0.3) is 5.91 Å². The minimum absolute atomic E-state index is 0.123. The topological polar surface area (TPSA) is 58.2 Å². The molecule has 5 heteroatoms. The fraction of sp³-hybridized carbons (Fsp3) is 0.300. The second kappa shape index (κ2) is 8.12. The summed E-state index contributed by atoms with van der Waals surface area (Å²) in [6, 6.07) is 9.67. The molecule has 2 aromatic rings. The fourth-order valence-corrected chi connectivity index (χ4v) is 4.38. The summed E-state index contributed by atoms with van der Waals surface area (Å²) in [4.78, 5) is 25.9. The number of carbonyl (C=O) groups excluding carboxylic acids is 2. The van der Waals surface area contributed by atoms with E-state index in [4.69, 9.17) is 0 Å². The summed E-state index contributed by atoms with van der Waals surface area (Å²) >= 11 is 1.54. The first-order valence-corrected chi connectivity index (χ1v) is 9.41. The Hall–Kier alpha value is -2.40. The molecule has 1 aromatic heterocycles. The van der Waals surface area contributed by atoms with Gasteiger partial charge in [-0.15, -0.1) is 11.3 Å². The number of benzene rings is 1. The summed E-state index contributed by atoms with van der Waals surface area (Å²) < 4.78 is 0. The molecule has 2 amide bonds. The van der Waals surface area contributed by atoms with Crippen molar-refractivity contribution in [3.05, 3.63) is 58.0 Å². The van der Waals surface area contributed by atoms with E-state index in [1.807, 2.05) is 30.3 Å². The summed E-state index contributed by atoms with van der Waals surface area (Å²) in [6.45, 7) is 0. The number of fused-ring (bicyclic) bond motifs is 1. The van der Waals surface area contributed by atoms with Crippen molar-refractivity contribution in [2.75, 3.05) is 12.4 Å². The van der Waals surface area contributed by atoms with Gasteiger partial charge in [0.2, 0.25) is 5.91 Å². The highest BCUT2D eigenvalue weighted by atomic mass is 32.1. The lowest BCUT2D eigenvalue weighted by atomic mass is 10.0. The number of carbonyl (C=O) groups is 2. The maximum absolute atomic E-state index is 12.4. The highest BCUT2D eigenvalue weighted by Gasteiger charge is 2.24. The predicted molar refractivity (Wildman–Crippen MR) is 103 cm³/mol. The molecule has 4 nitrogen and oxygen atoms in total. The Morgan fingerprint density at radius 3 is 2.60 bits per heavy atom. The monoisotopic (exact) mass is 354 g/mol. The van der Waals surface area contributed by atoms with E-state index in [1.54, 1.807) is 24.5 Å². The molecule has 2 N–H and O–H groups in total. The molecule has 0 fully saturated rings. The average Bonchev–Trinajstić information content (AvgIpc) is 2.81. The van der Waals surface area contributed by atoms with Crippen LogP contribution in [0.4, 0.5) is 5.00 Å². The van der Waals surface area contributed by atoms with Gasteiger partial charge in [0.15, 0.2) is 0 Å². The van der Waals surface area contributed by atoms with E-state index in [0.29, 0.717) is 10.6 Å². The highest BCUT2D eigenvalue weighted by molar-refractivity contribution is 7.17. The van der Waals surface area contributed by atoms with Crippen LogP contribution in [0, 0.1) is 0 Å². The number of thiophene rings is 1. The summed E-state index contributed by atoms with van der Waals surface area (Å²) in [5.74, 6) is -0.341. The lowest BCUT2D eigenvalue weighted by molar-refractivity contribution is -0.111. The minimum atomic E-state index is -0.217. The van der Waals surface area contributed by atoms with Crippen molar-refractivity contribution in [2.45, 2.75) is 32.1 Å². The summed E-state index contributed by atoms with van der Waals surface area (Å²) in [6.07, 6.45) is 8.60. The molecule has 0 saturated carbocycles. The molecule has 0 aliphatic heterocycles. The van der Waals surface area contributed by atoms with Crippen molar-refractivity contribution < 1.29 is 9.59 Å². The van der Waals surface area contributed by atoms with Crippen LogP contribution >= 0.6 is 11.3 Å². The fourth-order valence-electron chi connectivity index (χ4n) is 3.09. The van der Waals surface area contributed by atoms with Crippen LogP contribution in [0.5, 0.6) is 0 Å². The van der Waals surface area contributed by atoms with Gasteiger partial charge in [-0.3, -0.25) is 9.59 Å². The summed E-state index contributed by atoms with van der Waals surface area (Å²) in [7, 11) is 1.63. The van der Waals surface area contributed by atoms with Crippen LogP contribution in [0.3, 0.4) is 0 Å². The van der Waals surface area contributed by atoms with Crippen LogP contribution in [0.25, 0.3) is 6.08 Å². The van der Waals surface area contributed by atoms with Crippen LogP contribution in [0.2, 0.25) is 0 Å². The van der Waals surface area contributed by atoms with E-state index < -0.39 is 0 Å². The third-order valence-electron chi connectivity index (χ3n) is 4.34. The van der Waals surface area contributed by atoms with Crippen molar-refractivity contribution in [1.29, 1.82) is 0 Å². The maximum Gasteiger partial charge on any atom is 0.254 e. The zero-order valence-electron chi connectivity index (χ0n) is 14.3. The molecule has 1 heterocycles. The molecule has 0 unspecified atom stereocenters. The van der Waals surface area contributed by atoms with E-state index >= 15 is 0 Å². The largest absolute Gasteiger partial charge is 0.355 e. The van der Waals surface area contributed by atoms with Gasteiger partial charge in [-0.05, 0) is 42.9 Å². The van der Waals surface area contributed by atoms with Crippen molar-refractivity contribution in [1.82, 2.24) is 5.32 Å². The molecule has 3 rings (SSSR count). The van der Waals surface area contributed by atoms with Gasteiger partial charge >= 0.3 is 0 Å². The number of anilines is 1. The van der Waals surface area contributed by atoms with Gasteiger partial charge in [0.05, 0.1) is 5.56 Å². The SMILES string of the molecule is CNC(=O)c1c(NC(=O)/C=C/c2ccccc2)sc2c1CCCCC2. The molecule has 130 valence electrons. The van der Waals surface area contributed by atoms with Gasteiger partial charge in [-0.1, -0.05) is 36.8 Å². The van der Waals surface area contributed by atoms with Crippen molar-refractivity contribution >= 4 is 34.2 Å². The Kier molecular flexibility index (Phi) is 5.66. The van der Waals surface area contributed by atoms with Crippen molar-refractivity contribution in [3.63, 3.8) is 0 Å². The van der Waals surface area contributed by atoms with Gasteiger partial charge in [0, 0.05) is 18.0 Å². The molecule has 0 radical (unpaired) electrons. The molecule has 0 saturated heterocycles. The molecular weight excluding hydrogens is 332 g/mol. The van der Waals surface area contributed by atoms with Gasteiger partial charge in [0.1, 0.15) is 5.00 Å². The first-order chi connectivity index (χ1) is 12.2. The number of hydrogen-bond donors (Lipinski definition) is 2. The third-order valence-corrected chi connectivity index (χ3v) is 5.55. The normalized spacial score (nSPS) is 14.0. The van der Waals surface area contributed by atoms with Crippen LogP contribution in [0.15, 0.2) is 36.4 Å². The Bertz CT molecular complexity index is 794. The van der Waals surface area contributed by atoms with Crippen LogP contribution in [-0.4, -0.2) is 18.9 Å². The second-order valence-electron chi connectivity index (χ2n) is 6.08. The second-order valence-corrected chi connectivity index (χ2v) is 7.19. The Morgan fingerprint density at radius 1 is 1.08 bits per heavy atom. The Balaban J connectivity index is 1.83.